The third kappa shape index (κ3) is 2.99. The Morgan fingerprint density at radius 1 is 1.27 bits per heavy atom. The highest BCUT2D eigenvalue weighted by molar-refractivity contribution is 7.80. The zero-order chi connectivity index (χ0) is 15.7. The van der Waals surface area contributed by atoms with Gasteiger partial charge in [-0.1, -0.05) is 24.3 Å². The molecule has 0 bridgehead atoms. The van der Waals surface area contributed by atoms with Crippen molar-refractivity contribution < 1.29 is 13.2 Å². The molecule has 1 fully saturated rings. The van der Waals surface area contributed by atoms with Crippen LogP contribution in [0.15, 0.2) is 41.5 Å². The number of nitrogens with zero attached hydrogens (tertiary/aromatic N) is 1. The number of hydrogen-bond acceptors (Lipinski definition) is 2. The lowest BCUT2D eigenvalue weighted by molar-refractivity contribution is -0.136. The van der Waals surface area contributed by atoms with Crippen LogP contribution in [-0.4, -0.2) is 10.8 Å². The number of fused-ring (bicyclic) bond motifs is 1. The molecule has 0 amide bonds. The van der Waals surface area contributed by atoms with Crippen molar-refractivity contribution in [3.05, 3.63) is 42.0 Å². The number of nitrogens with one attached hydrogen (secondary N) is 2. The van der Waals surface area contributed by atoms with Gasteiger partial charge in [-0.2, -0.15) is 18.3 Å². The predicted octanol–water partition coefficient (Wildman–Crippen LogP) is 3.94. The van der Waals surface area contributed by atoms with Gasteiger partial charge in [0, 0.05) is 11.6 Å². The first-order valence-corrected chi connectivity index (χ1v) is 7.32. The molecule has 0 aromatic heterocycles. The molecule has 2 aliphatic rings. The van der Waals surface area contributed by atoms with E-state index in [4.69, 9.17) is 12.2 Å². The maximum absolute atomic E-state index is 12.9. The summed E-state index contributed by atoms with van der Waals surface area (Å²) in [6.45, 7) is 0. The van der Waals surface area contributed by atoms with Gasteiger partial charge in [0.15, 0.2) is 5.11 Å². The van der Waals surface area contributed by atoms with E-state index in [2.05, 4.69) is 28.0 Å². The van der Waals surface area contributed by atoms with Crippen LogP contribution in [0, 0.1) is 11.8 Å². The molecule has 7 heteroatoms. The third-order valence-corrected chi connectivity index (χ3v) is 4.14. The molecule has 116 valence electrons. The summed E-state index contributed by atoms with van der Waals surface area (Å²) >= 11 is 5.02. The van der Waals surface area contributed by atoms with Gasteiger partial charge in [0.1, 0.15) is 0 Å². The normalized spacial score (nSPS) is 24.8. The Labute approximate surface area is 131 Å². The van der Waals surface area contributed by atoms with Gasteiger partial charge in [0.25, 0.3) is 0 Å². The molecule has 0 heterocycles. The first kappa shape index (κ1) is 15.0. The molecule has 1 aromatic carbocycles. The van der Waals surface area contributed by atoms with Gasteiger partial charge >= 0.3 is 6.18 Å². The van der Waals surface area contributed by atoms with Gasteiger partial charge in [0.2, 0.25) is 0 Å². The lowest BCUT2D eigenvalue weighted by atomic mass is 9.74. The Balaban J connectivity index is 1.62. The summed E-state index contributed by atoms with van der Waals surface area (Å²) < 4.78 is 38.7. The number of hydrazone groups is 1. The molecule has 22 heavy (non-hydrogen) atoms. The fourth-order valence-corrected chi connectivity index (χ4v) is 2.93. The molecule has 0 unspecified atom stereocenters. The molecule has 0 aliphatic heterocycles. The van der Waals surface area contributed by atoms with E-state index in [0.717, 1.165) is 24.6 Å². The highest BCUT2D eigenvalue weighted by atomic mass is 32.1. The fraction of sp³-hybridized carbons (Fsp3) is 0.333. The van der Waals surface area contributed by atoms with E-state index in [1.807, 2.05) is 0 Å². The molecule has 2 atom stereocenters. The monoisotopic (exact) mass is 325 g/mol. The maximum Gasteiger partial charge on any atom is 0.418 e. The second kappa shape index (κ2) is 5.72. The Morgan fingerprint density at radius 3 is 2.77 bits per heavy atom. The number of rotatable bonds is 2. The Morgan fingerprint density at radius 2 is 2.05 bits per heavy atom. The quantitative estimate of drug-likeness (QED) is 0.491. The van der Waals surface area contributed by atoms with Crippen LogP contribution in [0.3, 0.4) is 0 Å². The lowest BCUT2D eigenvalue weighted by Crippen LogP contribution is -2.36. The standard InChI is InChI=1S/C15H14F3N3S/c16-15(17,18)11-6-1-2-7-12(11)19-14(22)21-20-13-8-9-4-3-5-10(9)13/h1-4,6-7,9-10H,5,8H2,(H2,19,21,22)/b20-13-/t9-,10+/m1/s1. The van der Waals surface area contributed by atoms with Crippen LogP contribution in [0.25, 0.3) is 0 Å². The number of allylic oxidation sites excluding steroid dienone is 2. The van der Waals surface area contributed by atoms with E-state index in [1.54, 1.807) is 0 Å². The number of hydrogen-bond donors (Lipinski definition) is 2. The zero-order valence-electron chi connectivity index (χ0n) is 11.5. The Hall–Kier alpha value is -1.89. The largest absolute Gasteiger partial charge is 0.418 e. The van der Waals surface area contributed by atoms with E-state index in [0.29, 0.717) is 11.8 Å². The van der Waals surface area contributed by atoms with E-state index in [1.165, 1.54) is 18.2 Å². The zero-order valence-corrected chi connectivity index (χ0v) is 12.3. The third-order valence-electron chi connectivity index (χ3n) is 3.94. The average molecular weight is 325 g/mol. The molecule has 0 radical (unpaired) electrons. The summed E-state index contributed by atoms with van der Waals surface area (Å²) in [6.07, 6.45) is 1.74. The van der Waals surface area contributed by atoms with Crippen LogP contribution in [0.5, 0.6) is 0 Å². The molecule has 0 spiro atoms. The topological polar surface area (TPSA) is 36.4 Å². The van der Waals surface area contributed by atoms with Crippen LogP contribution in [0.1, 0.15) is 18.4 Å². The van der Waals surface area contributed by atoms with Gasteiger partial charge in [-0.3, -0.25) is 5.43 Å². The molecular formula is C15H14F3N3S. The first-order valence-electron chi connectivity index (χ1n) is 6.91. The van der Waals surface area contributed by atoms with Crippen LogP contribution in [0.4, 0.5) is 18.9 Å². The van der Waals surface area contributed by atoms with Crippen molar-refractivity contribution in [3.63, 3.8) is 0 Å². The van der Waals surface area contributed by atoms with Crippen molar-refractivity contribution in [2.75, 3.05) is 5.32 Å². The molecule has 2 aliphatic carbocycles. The number of alkyl halides is 3. The van der Waals surface area contributed by atoms with Crippen molar-refractivity contribution in [2.24, 2.45) is 16.9 Å². The van der Waals surface area contributed by atoms with E-state index in [-0.39, 0.29) is 10.8 Å². The summed E-state index contributed by atoms with van der Waals surface area (Å²) in [5, 5.41) is 6.81. The summed E-state index contributed by atoms with van der Waals surface area (Å²) in [5.41, 5.74) is 2.82. The minimum Gasteiger partial charge on any atom is -0.331 e. The second-order valence-corrected chi connectivity index (χ2v) is 5.76. The summed E-state index contributed by atoms with van der Waals surface area (Å²) in [5.74, 6) is 0.991. The SMILES string of the molecule is FC(F)(F)c1ccccc1NC(=S)N/N=C1/C[C@H]2C=CC[C@H]12. The van der Waals surface area contributed by atoms with Crippen molar-refractivity contribution in [2.45, 2.75) is 19.0 Å². The van der Waals surface area contributed by atoms with Crippen LogP contribution >= 0.6 is 12.2 Å². The van der Waals surface area contributed by atoms with Crippen LogP contribution in [0.2, 0.25) is 0 Å². The summed E-state index contributed by atoms with van der Waals surface area (Å²) in [4.78, 5) is 0. The first-order chi connectivity index (χ1) is 10.4. The summed E-state index contributed by atoms with van der Waals surface area (Å²) in [6, 6.07) is 5.21. The van der Waals surface area contributed by atoms with Crippen molar-refractivity contribution in [1.82, 2.24) is 5.43 Å². The highest BCUT2D eigenvalue weighted by Gasteiger charge is 2.38. The lowest BCUT2D eigenvalue weighted by Gasteiger charge is -2.31. The Kier molecular flexibility index (Phi) is 3.90. The number of para-hydroxylation sites is 1. The highest BCUT2D eigenvalue weighted by Crippen LogP contribution is 2.40. The van der Waals surface area contributed by atoms with E-state index in [9.17, 15) is 13.2 Å². The predicted molar refractivity (Wildman–Crippen MR) is 83.6 cm³/mol. The van der Waals surface area contributed by atoms with Crippen molar-refractivity contribution >= 4 is 28.7 Å². The molecule has 1 saturated carbocycles. The maximum atomic E-state index is 12.9. The molecule has 0 saturated heterocycles. The van der Waals surface area contributed by atoms with Gasteiger partial charge in [0.05, 0.1) is 11.3 Å². The minimum absolute atomic E-state index is 0.0543. The van der Waals surface area contributed by atoms with Gasteiger partial charge in [-0.15, -0.1) is 0 Å². The molecule has 3 rings (SSSR count). The molecule has 2 N–H and O–H groups in total. The van der Waals surface area contributed by atoms with Gasteiger partial charge in [-0.25, -0.2) is 0 Å². The van der Waals surface area contributed by atoms with Crippen LogP contribution < -0.4 is 10.7 Å². The molecular weight excluding hydrogens is 311 g/mol. The number of thiocarbonyl (C=S) groups is 1. The van der Waals surface area contributed by atoms with Crippen molar-refractivity contribution in [1.29, 1.82) is 0 Å². The summed E-state index contributed by atoms with van der Waals surface area (Å²) in [7, 11) is 0. The van der Waals surface area contributed by atoms with E-state index < -0.39 is 11.7 Å². The second-order valence-electron chi connectivity index (χ2n) is 5.35. The van der Waals surface area contributed by atoms with Crippen molar-refractivity contribution in [3.8, 4) is 0 Å². The van der Waals surface area contributed by atoms with E-state index >= 15 is 0 Å². The van der Waals surface area contributed by atoms with Crippen LogP contribution in [-0.2, 0) is 6.18 Å². The number of benzene rings is 1. The minimum atomic E-state index is -4.43. The number of anilines is 1. The Bertz CT molecular complexity index is 652. The fourth-order valence-electron chi connectivity index (χ4n) is 2.78. The van der Waals surface area contributed by atoms with Gasteiger partial charge in [-0.05, 0) is 43.1 Å². The molecule has 3 nitrogen and oxygen atoms in total. The smallest absolute Gasteiger partial charge is 0.331 e. The number of halogens is 3. The average Bonchev–Trinajstić information content (AvgIpc) is 2.80. The van der Waals surface area contributed by atoms with Gasteiger partial charge < -0.3 is 5.32 Å². The molecule has 1 aromatic rings.